The quantitative estimate of drug-likeness (QED) is 0.240. The predicted molar refractivity (Wildman–Crippen MR) is 103 cm³/mol. The Morgan fingerprint density at radius 2 is 1.43 bits per heavy atom. The zero-order chi connectivity index (χ0) is 15.2. The number of hydrogen-bond acceptors (Lipinski definition) is 0. The minimum atomic E-state index is 0.648. The fourth-order valence-corrected chi connectivity index (χ4v) is 4.30. The molecule has 1 atom stereocenters. The molecule has 0 spiro atoms. The van der Waals surface area contributed by atoms with Crippen molar-refractivity contribution in [1.29, 1.82) is 0 Å². The maximum absolute atomic E-state index is 3.32. The second-order valence-electron chi connectivity index (χ2n) is 5.91. The number of benzene rings is 4. The summed E-state index contributed by atoms with van der Waals surface area (Å²) in [4.78, 5) is 0. The van der Waals surface area contributed by atoms with Crippen molar-refractivity contribution >= 4 is 40.5 Å². The van der Waals surface area contributed by atoms with Crippen LogP contribution in [0.1, 0.15) is 0 Å². The van der Waals surface area contributed by atoms with Gasteiger partial charge in [0.25, 0.3) is 0 Å². The molecule has 0 fully saturated rings. The fraction of sp³-hybridized carbons (Fsp3) is 0. The maximum Gasteiger partial charge on any atom is 0.00252 e. The van der Waals surface area contributed by atoms with Gasteiger partial charge >= 0.3 is 0 Å². The predicted octanol–water partition coefficient (Wildman–Crippen LogP) is 6.64. The van der Waals surface area contributed by atoms with Crippen LogP contribution in [0.25, 0.3) is 43.2 Å². The molecule has 0 amide bonds. The first kappa shape index (κ1) is 12.9. The molecule has 1 heterocycles. The molecule has 1 heteroatoms. The first-order valence-corrected chi connectivity index (χ1v) is 8.80. The minimum absolute atomic E-state index is 0.648. The van der Waals surface area contributed by atoms with Gasteiger partial charge in [-0.25, -0.2) is 0 Å². The van der Waals surface area contributed by atoms with Gasteiger partial charge in [-0.05, 0) is 67.4 Å². The summed E-state index contributed by atoms with van der Waals surface area (Å²) < 4.78 is 0. The molecule has 5 rings (SSSR count). The van der Waals surface area contributed by atoms with Crippen molar-refractivity contribution in [3.05, 3.63) is 84.7 Å². The van der Waals surface area contributed by atoms with Crippen LogP contribution < -0.4 is 0 Å². The van der Waals surface area contributed by atoms with Crippen LogP contribution in [0.5, 0.6) is 0 Å². The highest BCUT2D eigenvalue weighted by Crippen LogP contribution is 2.38. The van der Waals surface area contributed by atoms with E-state index in [1.54, 1.807) is 0 Å². The van der Waals surface area contributed by atoms with Gasteiger partial charge in [0.1, 0.15) is 0 Å². The van der Waals surface area contributed by atoms with Gasteiger partial charge < -0.3 is 0 Å². The first-order valence-electron chi connectivity index (χ1n) is 7.80. The highest BCUT2D eigenvalue weighted by molar-refractivity contribution is 7.33. The summed E-state index contributed by atoms with van der Waals surface area (Å²) in [7, 11) is 0.648. The third-order valence-corrected chi connectivity index (χ3v) is 5.57. The molecule has 5 aromatic rings. The van der Waals surface area contributed by atoms with Crippen molar-refractivity contribution in [3.63, 3.8) is 0 Å². The summed E-state index contributed by atoms with van der Waals surface area (Å²) in [5.74, 6) is 3.32. The van der Waals surface area contributed by atoms with Crippen LogP contribution in [0.2, 0.25) is 0 Å². The zero-order valence-electron chi connectivity index (χ0n) is 12.5. The SMILES string of the molecule is [c]1ccc(-c2cccc3ccc4cc5ccccc5cc4c23)[pH]1. The van der Waals surface area contributed by atoms with Crippen LogP contribution in [0, 0.1) is 5.80 Å². The van der Waals surface area contributed by atoms with E-state index in [2.05, 4.69) is 78.6 Å². The molecule has 0 saturated heterocycles. The largest absolute Gasteiger partial charge is 0.123 e. The van der Waals surface area contributed by atoms with Gasteiger partial charge in [-0.1, -0.05) is 54.6 Å². The van der Waals surface area contributed by atoms with Crippen molar-refractivity contribution in [2.24, 2.45) is 0 Å². The van der Waals surface area contributed by atoms with E-state index in [1.165, 1.54) is 43.2 Å². The van der Waals surface area contributed by atoms with Gasteiger partial charge in [0.2, 0.25) is 0 Å². The van der Waals surface area contributed by atoms with Crippen LogP contribution in [-0.2, 0) is 0 Å². The van der Waals surface area contributed by atoms with Crippen LogP contribution in [0.15, 0.2) is 78.9 Å². The zero-order valence-corrected chi connectivity index (χ0v) is 13.5. The molecule has 1 aromatic heterocycles. The summed E-state index contributed by atoms with van der Waals surface area (Å²) in [6.07, 6.45) is 0. The maximum atomic E-state index is 3.32. The van der Waals surface area contributed by atoms with Gasteiger partial charge in [0.15, 0.2) is 0 Å². The summed E-state index contributed by atoms with van der Waals surface area (Å²) in [6, 6.07) is 28.6. The average Bonchev–Trinajstić information content (AvgIpc) is 3.14. The fourth-order valence-electron chi connectivity index (χ4n) is 3.47. The second-order valence-corrected chi connectivity index (χ2v) is 6.98. The average molecular weight is 309 g/mol. The van der Waals surface area contributed by atoms with Gasteiger partial charge in [0.05, 0.1) is 0 Å². The van der Waals surface area contributed by atoms with Crippen molar-refractivity contribution in [2.75, 3.05) is 0 Å². The van der Waals surface area contributed by atoms with E-state index < -0.39 is 0 Å². The summed E-state index contributed by atoms with van der Waals surface area (Å²) in [6.45, 7) is 0. The lowest BCUT2D eigenvalue weighted by atomic mass is 9.95. The molecule has 1 unspecified atom stereocenters. The molecule has 0 aliphatic heterocycles. The molecule has 0 nitrogen and oxygen atoms in total. The molecule has 0 N–H and O–H groups in total. The lowest BCUT2D eigenvalue weighted by Gasteiger charge is -2.10. The van der Waals surface area contributed by atoms with E-state index >= 15 is 0 Å². The van der Waals surface area contributed by atoms with E-state index in [0.29, 0.717) is 8.19 Å². The molecule has 23 heavy (non-hydrogen) atoms. The van der Waals surface area contributed by atoms with Crippen LogP contribution >= 0.6 is 8.19 Å². The Morgan fingerprint density at radius 1 is 0.652 bits per heavy atom. The van der Waals surface area contributed by atoms with Crippen molar-refractivity contribution in [2.45, 2.75) is 0 Å². The Hall–Kier alpha value is -2.56. The molecule has 0 aliphatic rings. The van der Waals surface area contributed by atoms with Gasteiger partial charge in [-0.15, -0.1) is 8.19 Å². The molecule has 0 saturated carbocycles. The Balaban J connectivity index is 2.00. The third-order valence-electron chi connectivity index (χ3n) is 4.56. The van der Waals surface area contributed by atoms with Gasteiger partial charge in [-0.2, -0.15) is 0 Å². The Labute approximate surface area is 136 Å². The van der Waals surface area contributed by atoms with E-state index in [0.717, 1.165) is 0 Å². The summed E-state index contributed by atoms with van der Waals surface area (Å²) >= 11 is 0. The van der Waals surface area contributed by atoms with Crippen molar-refractivity contribution in [3.8, 4) is 10.9 Å². The Bertz CT molecular complexity index is 1150. The molecular formula is C22H14P. The van der Waals surface area contributed by atoms with Crippen LogP contribution in [-0.4, -0.2) is 0 Å². The normalized spacial score (nSPS) is 11.8. The molecule has 0 aliphatic carbocycles. The van der Waals surface area contributed by atoms with Gasteiger partial charge in [-0.3, -0.25) is 0 Å². The summed E-state index contributed by atoms with van der Waals surface area (Å²) in [5, 5.41) is 9.31. The van der Waals surface area contributed by atoms with Crippen molar-refractivity contribution in [1.82, 2.24) is 0 Å². The molecule has 1 radical (unpaired) electrons. The molecular weight excluding hydrogens is 295 g/mol. The number of rotatable bonds is 1. The lowest BCUT2D eigenvalue weighted by molar-refractivity contribution is 1.76. The van der Waals surface area contributed by atoms with E-state index in [1.807, 2.05) is 6.07 Å². The number of fused-ring (bicyclic) bond motifs is 4. The molecule has 0 bridgehead atoms. The highest BCUT2D eigenvalue weighted by atomic mass is 31.0. The Kier molecular flexibility index (Phi) is 2.80. The summed E-state index contributed by atoms with van der Waals surface area (Å²) in [5.41, 5.74) is 1.35. The van der Waals surface area contributed by atoms with Crippen LogP contribution in [0.4, 0.5) is 0 Å². The topological polar surface area (TPSA) is 0 Å². The minimum Gasteiger partial charge on any atom is -0.123 e. The molecule has 107 valence electrons. The smallest absolute Gasteiger partial charge is 0.00252 e. The number of hydrogen-bond donors (Lipinski definition) is 0. The third kappa shape index (κ3) is 2.00. The molecule has 4 aromatic carbocycles. The van der Waals surface area contributed by atoms with E-state index in [4.69, 9.17) is 0 Å². The Morgan fingerprint density at radius 3 is 2.26 bits per heavy atom. The standard InChI is InChI=1S/C22H14P/c1-2-6-17-14-20-18(13-16(17)5-1)11-10-15-7-3-8-19(22(15)20)21-9-4-12-23-21/h1-11,13-14,23H. The monoisotopic (exact) mass is 309 g/mol. The van der Waals surface area contributed by atoms with Crippen molar-refractivity contribution < 1.29 is 0 Å². The van der Waals surface area contributed by atoms with E-state index in [9.17, 15) is 0 Å². The first-order chi connectivity index (χ1) is 11.4. The van der Waals surface area contributed by atoms with E-state index in [-0.39, 0.29) is 0 Å². The van der Waals surface area contributed by atoms with Gasteiger partial charge in [0, 0.05) is 5.80 Å². The van der Waals surface area contributed by atoms with Crippen LogP contribution in [0.3, 0.4) is 0 Å². The second kappa shape index (κ2) is 4.98. The highest BCUT2D eigenvalue weighted by Gasteiger charge is 2.08. The lowest BCUT2D eigenvalue weighted by Crippen LogP contribution is -1.83.